The molecule has 0 N–H and O–H groups in total. The Kier molecular flexibility index (Phi) is 7.60. The van der Waals surface area contributed by atoms with Gasteiger partial charge in [-0.1, -0.05) is 36.4 Å². The van der Waals surface area contributed by atoms with Crippen LogP contribution in [-0.4, -0.2) is 34.0 Å². The van der Waals surface area contributed by atoms with Crippen molar-refractivity contribution in [1.29, 1.82) is 0 Å². The highest BCUT2D eigenvalue weighted by molar-refractivity contribution is 7.85. The molecule has 0 bridgehead atoms. The van der Waals surface area contributed by atoms with Gasteiger partial charge in [0.05, 0.1) is 10.8 Å². The minimum absolute atomic E-state index is 0. The molecule has 0 spiro atoms. The van der Waals surface area contributed by atoms with Gasteiger partial charge in [0.1, 0.15) is 5.82 Å². The maximum atomic E-state index is 13.7. The molecule has 0 saturated carbocycles. The lowest BCUT2D eigenvalue weighted by molar-refractivity contribution is 0.233. The largest absolute Gasteiger partial charge is 0.303 e. The van der Waals surface area contributed by atoms with Crippen molar-refractivity contribution in [1.82, 2.24) is 4.90 Å². The summed E-state index contributed by atoms with van der Waals surface area (Å²) >= 11 is 0. The minimum atomic E-state index is -0.927. The van der Waals surface area contributed by atoms with Crippen LogP contribution in [0.2, 0.25) is 0 Å². The molecule has 2 nitrogen and oxygen atoms in total. The lowest BCUT2D eigenvalue weighted by atomic mass is 10.1. The van der Waals surface area contributed by atoms with E-state index in [-0.39, 0.29) is 23.5 Å². The molecule has 1 aliphatic rings. The first kappa shape index (κ1) is 20.1. The van der Waals surface area contributed by atoms with E-state index in [0.29, 0.717) is 0 Å². The van der Waals surface area contributed by atoms with Gasteiger partial charge in [-0.3, -0.25) is 4.21 Å². The third kappa shape index (κ3) is 5.13. The number of nitrogens with zero attached hydrogens (tertiary/aromatic N) is 1. The topological polar surface area (TPSA) is 20.3 Å². The van der Waals surface area contributed by atoms with Gasteiger partial charge in [0.25, 0.3) is 0 Å². The zero-order valence-corrected chi connectivity index (χ0v) is 16.1. The van der Waals surface area contributed by atoms with E-state index in [4.69, 9.17) is 0 Å². The number of rotatable bonds is 5. The standard InChI is InChI=1S/C20H24FNOS.ClH/c1-16-6-2-5-9-20(16)24(23)18-11-14-22(15-12-18)13-10-17-7-3-4-8-19(17)21;/h2-9,18H,10-15H2,1H3;1H. The van der Waals surface area contributed by atoms with Crippen LogP contribution < -0.4 is 0 Å². The second-order valence-corrected chi connectivity index (χ2v) is 8.15. The summed E-state index contributed by atoms with van der Waals surface area (Å²) in [5.41, 5.74) is 1.89. The van der Waals surface area contributed by atoms with Gasteiger partial charge in [-0.05, 0) is 62.5 Å². The lowest BCUT2D eigenvalue weighted by Crippen LogP contribution is -2.38. The number of halogens is 2. The van der Waals surface area contributed by atoms with Crippen LogP contribution in [0.25, 0.3) is 0 Å². The van der Waals surface area contributed by atoms with Gasteiger partial charge in [-0.15, -0.1) is 12.4 Å². The summed E-state index contributed by atoms with van der Waals surface area (Å²) in [7, 11) is -0.927. The Balaban J connectivity index is 0.00000225. The highest BCUT2D eigenvalue weighted by Gasteiger charge is 2.25. The average Bonchev–Trinajstić information content (AvgIpc) is 2.61. The highest BCUT2D eigenvalue weighted by atomic mass is 35.5. The smallest absolute Gasteiger partial charge is 0.126 e. The molecule has 1 unspecified atom stereocenters. The number of piperidine rings is 1. The molecule has 1 heterocycles. The molecule has 1 atom stereocenters. The molecule has 1 aliphatic heterocycles. The van der Waals surface area contributed by atoms with E-state index in [1.165, 1.54) is 6.07 Å². The molecule has 25 heavy (non-hydrogen) atoms. The molecule has 2 aromatic rings. The Morgan fingerprint density at radius 1 is 1.08 bits per heavy atom. The Morgan fingerprint density at radius 3 is 2.40 bits per heavy atom. The van der Waals surface area contributed by atoms with Gasteiger partial charge in [-0.2, -0.15) is 0 Å². The predicted octanol–water partition coefficient (Wildman–Crippen LogP) is 4.37. The number of benzene rings is 2. The summed E-state index contributed by atoms with van der Waals surface area (Å²) in [6.07, 6.45) is 2.62. The Hall–Kier alpha value is -1.23. The first-order valence-corrected chi connectivity index (χ1v) is 9.78. The second kappa shape index (κ2) is 9.46. The molecule has 0 aromatic heterocycles. The Bertz CT molecular complexity index is 716. The molecule has 1 fully saturated rings. The molecule has 1 saturated heterocycles. The molecule has 3 rings (SSSR count). The quantitative estimate of drug-likeness (QED) is 0.766. The second-order valence-electron chi connectivity index (χ2n) is 6.45. The molecule has 2 aromatic carbocycles. The van der Waals surface area contributed by atoms with Crippen LogP contribution in [0.4, 0.5) is 4.39 Å². The van der Waals surface area contributed by atoms with Crippen molar-refractivity contribution in [3.8, 4) is 0 Å². The van der Waals surface area contributed by atoms with Crippen LogP contribution >= 0.6 is 12.4 Å². The van der Waals surface area contributed by atoms with Gasteiger partial charge in [-0.25, -0.2) is 4.39 Å². The maximum Gasteiger partial charge on any atom is 0.126 e. The first-order valence-electron chi connectivity index (χ1n) is 8.57. The van der Waals surface area contributed by atoms with Crippen LogP contribution in [0.5, 0.6) is 0 Å². The molecule has 136 valence electrons. The molecule has 0 amide bonds. The third-order valence-electron chi connectivity index (χ3n) is 4.80. The van der Waals surface area contributed by atoms with E-state index < -0.39 is 10.8 Å². The summed E-state index contributed by atoms with van der Waals surface area (Å²) in [6.45, 7) is 4.77. The SMILES string of the molecule is Cc1ccccc1S(=O)C1CCN(CCc2ccccc2F)CC1.Cl. The van der Waals surface area contributed by atoms with E-state index in [1.807, 2.05) is 43.3 Å². The molecule has 0 radical (unpaired) electrons. The van der Waals surface area contributed by atoms with Crippen LogP contribution in [0, 0.1) is 12.7 Å². The number of hydrogen-bond acceptors (Lipinski definition) is 2. The van der Waals surface area contributed by atoms with Gasteiger partial charge < -0.3 is 4.90 Å². The third-order valence-corrected chi connectivity index (χ3v) is 6.77. The summed E-state index contributed by atoms with van der Waals surface area (Å²) in [6, 6.07) is 14.9. The normalized spacial score (nSPS) is 17.0. The monoisotopic (exact) mass is 381 g/mol. The molecular weight excluding hydrogens is 357 g/mol. The van der Waals surface area contributed by atoms with Crippen LogP contribution in [0.1, 0.15) is 24.0 Å². The highest BCUT2D eigenvalue weighted by Crippen LogP contribution is 2.23. The van der Waals surface area contributed by atoms with Gasteiger partial charge >= 0.3 is 0 Å². The van der Waals surface area contributed by atoms with Crippen molar-refractivity contribution < 1.29 is 8.60 Å². The van der Waals surface area contributed by atoms with Crippen molar-refractivity contribution in [2.45, 2.75) is 36.3 Å². The molecule has 5 heteroatoms. The zero-order valence-electron chi connectivity index (χ0n) is 14.5. The average molecular weight is 382 g/mol. The number of aryl methyl sites for hydroxylation is 1. The number of hydrogen-bond donors (Lipinski definition) is 0. The van der Waals surface area contributed by atoms with Gasteiger partial charge in [0, 0.05) is 16.7 Å². The van der Waals surface area contributed by atoms with E-state index in [9.17, 15) is 8.60 Å². The van der Waals surface area contributed by atoms with E-state index in [2.05, 4.69) is 4.90 Å². The van der Waals surface area contributed by atoms with Crippen LogP contribution in [-0.2, 0) is 17.2 Å². The van der Waals surface area contributed by atoms with Crippen LogP contribution in [0.15, 0.2) is 53.4 Å². The Labute approximate surface area is 158 Å². The van der Waals surface area contributed by atoms with Gasteiger partial charge in [0.15, 0.2) is 0 Å². The van der Waals surface area contributed by atoms with E-state index >= 15 is 0 Å². The van der Waals surface area contributed by atoms with Crippen molar-refractivity contribution >= 4 is 23.2 Å². The predicted molar refractivity (Wildman–Crippen MR) is 104 cm³/mol. The fourth-order valence-corrected chi connectivity index (χ4v) is 4.88. The van der Waals surface area contributed by atoms with Crippen molar-refractivity contribution in [3.63, 3.8) is 0 Å². The fourth-order valence-electron chi connectivity index (χ4n) is 3.29. The van der Waals surface area contributed by atoms with Gasteiger partial charge in [0.2, 0.25) is 0 Å². The molecular formula is C20H25ClFNOS. The lowest BCUT2D eigenvalue weighted by Gasteiger charge is -2.31. The van der Waals surface area contributed by atoms with Crippen molar-refractivity contribution in [3.05, 3.63) is 65.5 Å². The summed E-state index contributed by atoms with van der Waals surface area (Å²) in [5.74, 6) is -0.118. The van der Waals surface area contributed by atoms with Crippen molar-refractivity contribution in [2.24, 2.45) is 0 Å². The maximum absolute atomic E-state index is 13.7. The fraction of sp³-hybridized carbons (Fsp3) is 0.400. The first-order chi connectivity index (χ1) is 11.6. The Morgan fingerprint density at radius 2 is 1.72 bits per heavy atom. The number of likely N-dealkylation sites (tertiary alicyclic amines) is 1. The zero-order chi connectivity index (χ0) is 16.9. The van der Waals surface area contributed by atoms with E-state index in [0.717, 1.165) is 54.9 Å². The van der Waals surface area contributed by atoms with Crippen molar-refractivity contribution in [2.75, 3.05) is 19.6 Å². The van der Waals surface area contributed by atoms with Crippen LogP contribution in [0.3, 0.4) is 0 Å². The summed E-state index contributed by atoms with van der Waals surface area (Å²) < 4.78 is 26.5. The molecule has 0 aliphatic carbocycles. The van der Waals surface area contributed by atoms with E-state index in [1.54, 1.807) is 6.07 Å². The summed E-state index contributed by atoms with van der Waals surface area (Å²) in [4.78, 5) is 3.33. The minimum Gasteiger partial charge on any atom is -0.303 e. The summed E-state index contributed by atoms with van der Waals surface area (Å²) in [5, 5.41) is 0.232.